The fourth-order valence-electron chi connectivity index (χ4n) is 5.26. The summed E-state index contributed by atoms with van der Waals surface area (Å²) >= 11 is 6.71. The van der Waals surface area contributed by atoms with Gasteiger partial charge >= 0.3 is 5.97 Å². The lowest BCUT2D eigenvalue weighted by atomic mass is 9.68. The molecule has 0 spiro atoms. The van der Waals surface area contributed by atoms with Crippen molar-refractivity contribution in [2.24, 2.45) is 17.3 Å². The second-order valence-electron chi connectivity index (χ2n) is 11.4. The molecular formula is C27H38ClNO3. The molecule has 0 bridgehead atoms. The summed E-state index contributed by atoms with van der Waals surface area (Å²) in [5.41, 5.74) is 3.26. The number of allylic oxidation sites excluding steroid dienone is 1. The summed E-state index contributed by atoms with van der Waals surface area (Å²) in [6.07, 6.45) is 6.31. The summed E-state index contributed by atoms with van der Waals surface area (Å²) in [5, 5.41) is 10.1. The highest BCUT2D eigenvalue weighted by molar-refractivity contribution is 6.31. The smallest absolute Gasteiger partial charge is 0.306 e. The molecule has 3 atom stereocenters. The molecule has 1 N–H and O–H groups in total. The summed E-state index contributed by atoms with van der Waals surface area (Å²) in [7, 11) is 0. The van der Waals surface area contributed by atoms with E-state index < -0.39 is 11.4 Å². The molecule has 1 aliphatic heterocycles. The van der Waals surface area contributed by atoms with E-state index in [-0.39, 0.29) is 29.2 Å². The molecule has 1 fully saturated rings. The van der Waals surface area contributed by atoms with Gasteiger partial charge in [0.2, 0.25) is 5.91 Å². The molecule has 3 rings (SSSR count). The maximum Gasteiger partial charge on any atom is 0.306 e. The van der Waals surface area contributed by atoms with Gasteiger partial charge in [-0.05, 0) is 66.2 Å². The highest BCUT2D eigenvalue weighted by Crippen LogP contribution is 2.45. The molecule has 176 valence electrons. The van der Waals surface area contributed by atoms with Crippen LogP contribution in [0.1, 0.15) is 84.8 Å². The zero-order chi connectivity index (χ0) is 23.8. The molecule has 1 amide bonds. The van der Waals surface area contributed by atoms with Crippen molar-refractivity contribution in [1.29, 1.82) is 0 Å². The van der Waals surface area contributed by atoms with E-state index in [0.29, 0.717) is 19.3 Å². The molecule has 1 aliphatic carbocycles. The number of hydrogen-bond donors (Lipinski definition) is 1. The number of halogens is 1. The number of carboxylic acid groups (broad SMARTS) is 1. The van der Waals surface area contributed by atoms with Crippen molar-refractivity contribution in [3.63, 3.8) is 0 Å². The molecule has 0 unspecified atom stereocenters. The molecule has 1 aromatic carbocycles. The third-order valence-corrected chi connectivity index (χ3v) is 7.66. The van der Waals surface area contributed by atoms with Crippen molar-refractivity contribution >= 4 is 23.5 Å². The van der Waals surface area contributed by atoms with Gasteiger partial charge in [0.15, 0.2) is 0 Å². The van der Waals surface area contributed by atoms with Gasteiger partial charge in [0.25, 0.3) is 0 Å². The Bertz CT molecular complexity index is 914. The Morgan fingerprint density at radius 3 is 2.50 bits per heavy atom. The minimum Gasteiger partial charge on any atom is -0.481 e. The summed E-state index contributed by atoms with van der Waals surface area (Å²) < 4.78 is 0. The predicted octanol–water partition coefficient (Wildman–Crippen LogP) is 6.60. The van der Waals surface area contributed by atoms with Gasteiger partial charge in [-0.25, -0.2) is 0 Å². The van der Waals surface area contributed by atoms with Crippen molar-refractivity contribution in [2.45, 2.75) is 91.5 Å². The quantitative estimate of drug-likeness (QED) is 0.521. The zero-order valence-electron chi connectivity index (χ0n) is 20.4. The summed E-state index contributed by atoms with van der Waals surface area (Å²) in [4.78, 5) is 26.5. The molecule has 1 heterocycles. The summed E-state index contributed by atoms with van der Waals surface area (Å²) in [6, 6.07) is 6.29. The van der Waals surface area contributed by atoms with Crippen molar-refractivity contribution < 1.29 is 14.7 Å². The minimum absolute atomic E-state index is 0.0229. The van der Waals surface area contributed by atoms with E-state index in [1.807, 2.05) is 11.1 Å². The Kier molecular flexibility index (Phi) is 7.14. The molecule has 0 saturated heterocycles. The lowest BCUT2D eigenvalue weighted by Gasteiger charge is -2.43. The first kappa shape index (κ1) is 24.8. The van der Waals surface area contributed by atoms with Crippen LogP contribution in [-0.2, 0) is 21.4 Å². The van der Waals surface area contributed by atoms with Crippen LogP contribution in [0.5, 0.6) is 0 Å². The van der Waals surface area contributed by atoms with E-state index in [9.17, 15) is 14.7 Å². The molecular weight excluding hydrogens is 422 g/mol. The number of amides is 1. The van der Waals surface area contributed by atoms with E-state index >= 15 is 0 Å². The molecule has 0 radical (unpaired) electrons. The van der Waals surface area contributed by atoms with Crippen LogP contribution in [-0.4, -0.2) is 27.9 Å². The van der Waals surface area contributed by atoms with E-state index in [4.69, 9.17) is 11.6 Å². The number of carbonyl (C=O) groups excluding carboxylic acids is 1. The normalized spacial score (nSPS) is 26.6. The van der Waals surface area contributed by atoms with Crippen molar-refractivity contribution in [3.05, 3.63) is 46.1 Å². The lowest BCUT2D eigenvalue weighted by Crippen LogP contribution is -2.45. The Morgan fingerprint density at radius 1 is 1.28 bits per heavy atom. The highest BCUT2D eigenvalue weighted by atomic mass is 35.5. The number of benzene rings is 1. The average Bonchev–Trinajstić information content (AvgIpc) is 3.16. The minimum atomic E-state index is -0.754. The van der Waals surface area contributed by atoms with Crippen LogP contribution in [0.25, 0.3) is 0 Å². The van der Waals surface area contributed by atoms with Crippen LogP contribution in [0.3, 0.4) is 0 Å². The monoisotopic (exact) mass is 459 g/mol. The van der Waals surface area contributed by atoms with E-state index in [1.165, 1.54) is 5.57 Å². The standard InChI is InChI=1S/C27H38ClNO3/c1-17(2)22-16-29(21-10-8-19(13-21)25(31)32)24(30)15-27(22,6)20-9-7-18(23(28)14-20)11-12-26(3,4)5/h7,9,14,16-17,19,21H,8,10-13,15H2,1-6H3,(H,31,32)/t19-,21+,27-/m0/s1. The SMILES string of the molecule is CC(C)C1=CN([C@@H]2CC[C@H](C(=O)O)C2)C(=O)C[C@@]1(C)c1ccc(CCC(C)(C)C)c(Cl)c1. The Labute approximate surface area is 198 Å². The van der Waals surface area contributed by atoms with Crippen molar-refractivity contribution in [3.8, 4) is 0 Å². The lowest BCUT2D eigenvalue weighted by molar-refractivity contribution is -0.142. The van der Waals surface area contributed by atoms with Crippen LogP contribution in [0.2, 0.25) is 5.02 Å². The third-order valence-electron chi connectivity index (χ3n) is 7.31. The molecule has 1 aromatic rings. The van der Waals surface area contributed by atoms with Gasteiger partial charge < -0.3 is 10.0 Å². The fourth-order valence-corrected chi connectivity index (χ4v) is 5.54. The molecule has 5 heteroatoms. The van der Waals surface area contributed by atoms with Gasteiger partial charge in [0.05, 0.1) is 5.92 Å². The van der Waals surface area contributed by atoms with Gasteiger partial charge in [0, 0.05) is 29.1 Å². The van der Waals surface area contributed by atoms with Crippen LogP contribution in [0.15, 0.2) is 30.0 Å². The molecule has 32 heavy (non-hydrogen) atoms. The topological polar surface area (TPSA) is 57.6 Å². The maximum atomic E-state index is 13.3. The van der Waals surface area contributed by atoms with Crippen molar-refractivity contribution in [1.82, 2.24) is 4.90 Å². The second-order valence-corrected chi connectivity index (χ2v) is 11.8. The number of carbonyl (C=O) groups is 2. The highest BCUT2D eigenvalue weighted by Gasteiger charge is 2.44. The van der Waals surface area contributed by atoms with Gasteiger partial charge in [-0.1, -0.05) is 65.3 Å². The van der Waals surface area contributed by atoms with Gasteiger partial charge in [-0.15, -0.1) is 0 Å². The molecule has 1 saturated carbocycles. The average molecular weight is 460 g/mol. The number of carboxylic acids is 1. The van der Waals surface area contributed by atoms with Gasteiger partial charge in [-0.2, -0.15) is 0 Å². The van der Waals surface area contributed by atoms with Crippen LogP contribution in [0, 0.1) is 17.3 Å². The molecule has 0 aromatic heterocycles. The van der Waals surface area contributed by atoms with E-state index in [1.54, 1.807) is 0 Å². The Morgan fingerprint density at radius 2 is 1.97 bits per heavy atom. The fraction of sp³-hybridized carbons (Fsp3) is 0.630. The molecule has 2 aliphatic rings. The van der Waals surface area contributed by atoms with Crippen LogP contribution < -0.4 is 0 Å². The number of aryl methyl sites for hydroxylation is 1. The molecule has 4 nitrogen and oxygen atoms in total. The summed E-state index contributed by atoms with van der Waals surface area (Å²) in [5.74, 6) is -0.778. The first-order chi connectivity index (χ1) is 14.8. The summed E-state index contributed by atoms with van der Waals surface area (Å²) in [6.45, 7) is 13.2. The second kappa shape index (κ2) is 9.21. The Balaban J connectivity index is 1.90. The first-order valence-corrected chi connectivity index (χ1v) is 12.2. The van der Waals surface area contributed by atoms with Crippen molar-refractivity contribution in [2.75, 3.05) is 0 Å². The maximum absolute atomic E-state index is 13.3. The number of hydrogen-bond acceptors (Lipinski definition) is 2. The van der Waals surface area contributed by atoms with E-state index in [2.05, 4.69) is 59.7 Å². The van der Waals surface area contributed by atoms with Crippen LogP contribution >= 0.6 is 11.6 Å². The number of aliphatic carboxylic acids is 1. The number of rotatable bonds is 6. The Hall–Kier alpha value is -1.81. The number of nitrogens with zero attached hydrogens (tertiary/aromatic N) is 1. The van der Waals surface area contributed by atoms with Gasteiger partial charge in [0.1, 0.15) is 0 Å². The largest absolute Gasteiger partial charge is 0.481 e. The van der Waals surface area contributed by atoms with Gasteiger partial charge in [-0.3, -0.25) is 9.59 Å². The van der Waals surface area contributed by atoms with E-state index in [0.717, 1.165) is 35.4 Å². The predicted molar refractivity (Wildman–Crippen MR) is 130 cm³/mol. The van der Waals surface area contributed by atoms with Crippen LogP contribution in [0.4, 0.5) is 0 Å². The zero-order valence-corrected chi connectivity index (χ0v) is 21.1. The first-order valence-electron chi connectivity index (χ1n) is 11.9. The third kappa shape index (κ3) is 5.22.